The monoisotopic (exact) mass is 566 g/mol. The average Bonchev–Trinajstić information content (AvgIpc) is 3.59. The molecule has 2 nitrogen and oxygen atoms in total. The summed E-state index contributed by atoms with van der Waals surface area (Å²) in [6, 6.07) is 42.0. The molecule has 0 atom stereocenters. The Morgan fingerprint density at radius 2 is 0.974 bits per heavy atom. The Bertz CT molecular complexity index is 1690. The molecular formula is C36H27BrN2. The predicted molar refractivity (Wildman–Crippen MR) is 165 cm³/mol. The molecule has 0 amide bonds. The minimum absolute atomic E-state index is 1.01. The normalized spacial score (nSPS) is 11.5. The molecule has 2 aliphatic carbocycles. The lowest BCUT2D eigenvalue weighted by Gasteiger charge is -2.07. The van der Waals surface area contributed by atoms with Gasteiger partial charge in [0.25, 0.3) is 0 Å². The second-order valence-electron chi connectivity index (χ2n) is 9.51. The molecule has 2 aliphatic rings. The predicted octanol–water partition coefficient (Wildman–Crippen LogP) is 9.42. The van der Waals surface area contributed by atoms with Crippen molar-refractivity contribution in [1.82, 2.24) is 9.97 Å². The second kappa shape index (κ2) is 11.6. The molecule has 0 fully saturated rings. The molecule has 2 aromatic heterocycles. The molecule has 6 aromatic rings. The van der Waals surface area contributed by atoms with Gasteiger partial charge in [-0.15, -0.1) is 0 Å². The van der Waals surface area contributed by atoms with Crippen molar-refractivity contribution in [3.05, 3.63) is 167 Å². The topological polar surface area (TPSA) is 25.8 Å². The second-order valence-corrected chi connectivity index (χ2v) is 10.4. The maximum absolute atomic E-state index is 4.49. The number of hydrogen-bond acceptors (Lipinski definition) is 2. The molecular weight excluding hydrogens is 540 g/mol. The van der Waals surface area contributed by atoms with Crippen molar-refractivity contribution in [2.45, 2.75) is 12.8 Å². The minimum atomic E-state index is 1.01. The summed E-state index contributed by atoms with van der Waals surface area (Å²) in [5, 5.41) is 0. The van der Waals surface area contributed by atoms with Gasteiger partial charge in [0, 0.05) is 28.6 Å². The average molecular weight is 568 g/mol. The van der Waals surface area contributed by atoms with E-state index in [-0.39, 0.29) is 0 Å². The number of nitrogens with zero attached hydrogens (tertiary/aromatic N) is 2. The van der Waals surface area contributed by atoms with Gasteiger partial charge in [-0.25, -0.2) is 0 Å². The van der Waals surface area contributed by atoms with Crippen LogP contribution in [0.3, 0.4) is 0 Å². The van der Waals surface area contributed by atoms with Gasteiger partial charge in [-0.1, -0.05) is 107 Å². The van der Waals surface area contributed by atoms with E-state index >= 15 is 0 Å². The molecule has 0 radical (unpaired) electrons. The summed E-state index contributed by atoms with van der Waals surface area (Å²) in [5.41, 5.74) is 13.5. The molecule has 0 saturated carbocycles. The van der Waals surface area contributed by atoms with Crippen molar-refractivity contribution < 1.29 is 0 Å². The fourth-order valence-corrected chi connectivity index (χ4v) is 5.86. The van der Waals surface area contributed by atoms with Crippen LogP contribution in [-0.2, 0) is 12.8 Å². The maximum atomic E-state index is 4.49. The highest BCUT2D eigenvalue weighted by Gasteiger charge is 2.21. The first-order valence-corrected chi connectivity index (χ1v) is 13.9. The number of fused-ring (bicyclic) bond motifs is 6. The number of aromatic nitrogens is 2. The molecule has 39 heavy (non-hydrogen) atoms. The van der Waals surface area contributed by atoms with Crippen LogP contribution in [0.2, 0.25) is 0 Å². The lowest BCUT2D eigenvalue weighted by molar-refractivity contribution is 1.24. The molecule has 2 heterocycles. The summed E-state index contributed by atoms with van der Waals surface area (Å²) in [6.45, 7) is 0. The molecule has 0 bridgehead atoms. The van der Waals surface area contributed by atoms with Crippen LogP contribution < -0.4 is 0 Å². The lowest BCUT2D eigenvalue weighted by Crippen LogP contribution is -1.89. The summed E-state index contributed by atoms with van der Waals surface area (Å²) in [7, 11) is 0. The fourth-order valence-electron chi connectivity index (χ4n) is 5.35. The van der Waals surface area contributed by atoms with Crippen LogP contribution in [0.25, 0.3) is 33.5 Å². The molecule has 0 aliphatic heterocycles. The highest BCUT2D eigenvalue weighted by molar-refractivity contribution is 9.10. The van der Waals surface area contributed by atoms with Crippen molar-refractivity contribution in [1.29, 1.82) is 0 Å². The first kappa shape index (κ1) is 25.0. The van der Waals surface area contributed by atoms with E-state index in [0.29, 0.717) is 0 Å². The van der Waals surface area contributed by atoms with Gasteiger partial charge in [-0.2, -0.15) is 0 Å². The van der Waals surface area contributed by atoms with Gasteiger partial charge in [-0.3, -0.25) is 9.97 Å². The quantitative estimate of drug-likeness (QED) is 0.198. The number of pyridine rings is 2. The highest BCUT2D eigenvalue weighted by Crippen LogP contribution is 2.41. The van der Waals surface area contributed by atoms with Crippen LogP contribution in [0.1, 0.15) is 22.3 Å². The summed E-state index contributed by atoms with van der Waals surface area (Å²) >= 11 is 3.61. The maximum Gasteiger partial charge on any atom is 0.0705 e. The van der Waals surface area contributed by atoms with Crippen molar-refractivity contribution in [2.24, 2.45) is 0 Å². The van der Waals surface area contributed by atoms with Crippen LogP contribution in [0.5, 0.6) is 0 Å². The van der Waals surface area contributed by atoms with E-state index in [1.807, 2.05) is 36.5 Å². The zero-order valence-corrected chi connectivity index (χ0v) is 23.1. The fraction of sp³-hybridized carbons (Fsp3) is 0.0556. The smallest absolute Gasteiger partial charge is 0.0705 e. The number of hydrogen-bond donors (Lipinski definition) is 0. The molecule has 0 unspecified atom stereocenters. The van der Waals surface area contributed by atoms with Crippen molar-refractivity contribution >= 4 is 15.9 Å². The van der Waals surface area contributed by atoms with Crippen molar-refractivity contribution in [2.75, 3.05) is 0 Å². The van der Waals surface area contributed by atoms with Gasteiger partial charge in [0.2, 0.25) is 0 Å². The molecule has 3 heteroatoms. The Labute approximate surface area is 238 Å². The Kier molecular flexibility index (Phi) is 7.42. The SMILES string of the molecule is Brc1cccc2c1Cc1ccccc1-2.c1ccc(-c2cccc3c2Cc2ccccc2-3)nc1.c1ccncc1. The van der Waals surface area contributed by atoms with Gasteiger partial charge in [0.15, 0.2) is 0 Å². The minimum Gasteiger partial charge on any atom is -0.265 e. The Morgan fingerprint density at radius 1 is 0.436 bits per heavy atom. The van der Waals surface area contributed by atoms with Crippen LogP contribution in [-0.4, -0.2) is 9.97 Å². The Balaban J connectivity index is 0.000000121. The Hall–Kier alpha value is -4.34. The van der Waals surface area contributed by atoms with E-state index < -0.39 is 0 Å². The molecule has 0 spiro atoms. The first-order valence-electron chi connectivity index (χ1n) is 13.1. The third kappa shape index (κ3) is 5.32. The highest BCUT2D eigenvalue weighted by atomic mass is 79.9. The van der Waals surface area contributed by atoms with Crippen LogP contribution in [0.15, 0.2) is 144 Å². The van der Waals surface area contributed by atoms with E-state index in [2.05, 4.69) is 117 Å². The summed E-state index contributed by atoms with van der Waals surface area (Å²) in [6.07, 6.45) is 7.43. The van der Waals surface area contributed by atoms with E-state index in [9.17, 15) is 0 Å². The Morgan fingerprint density at radius 3 is 1.59 bits per heavy atom. The standard InChI is InChI=1S/C18H13N.C13H9Br.C5H5N/c1-2-7-14-13(6-1)12-17-15(14)8-5-9-16(17)18-10-3-4-11-19-18;14-13-7-3-6-11-10-5-2-1-4-9(10)8-12(11)13;1-2-4-6-5-3-1/h1-11H,12H2;1-7H,8H2;1-5H. The van der Waals surface area contributed by atoms with Crippen molar-refractivity contribution in [3.63, 3.8) is 0 Å². The third-order valence-corrected chi connectivity index (χ3v) is 7.89. The molecule has 8 rings (SSSR count). The van der Waals surface area contributed by atoms with Gasteiger partial charge in [-0.05, 0) is 87.7 Å². The molecule has 188 valence electrons. The molecule has 4 aromatic carbocycles. The van der Waals surface area contributed by atoms with Crippen LogP contribution >= 0.6 is 15.9 Å². The lowest BCUT2D eigenvalue weighted by atomic mass is 9.99. The van der Waals surface area contributed by atoms with Gasteiger partial charge >= 0.3 is 0 Å². The number of halogens is 1. The summed E-state index contributed by atoms with van der Waals surface area (Å²) in [5.74, 6) is 0. The van der Waals surface area contributed by atoms with Gasteiger partial charge < -0.3 is 0 Å². The molecule has 0 saturated heterocycles. The van der Waals surface area contributed by atoms with Crippen molar-refractivity contribution in [3.8, 4) is 33.5 Å². The van der Waals surface area contributed by atoms with Crippen LogP contribution in [0.4, 0.5) is 0 Å². The summed E-state index contributed by atoms with van der Waals surface area (Å²) < 4.78 is 1.23. The van der Waals surface area contributed by atoms with Crippen LogP contribution in [0, 0.1) is 0 Å². The van der Waals surface area contributed by atoms with E-state index in [4.69, 9.17) is 0 Å². The van der Waals surface area contributed by atoms with E-state index in [1.54, 1.807) is 12.4 Å². The zero-order chi connectivity index (χ0) is 26.4. The third-order valence-electron chi connectivity index (χ3n) is 7.15. The molecule has 0 N–H and O–H groups in total. The largest absolute Gasteiger partial charge is 0.265 e. The number of benzene rings is 4. The summed E-state index contributed by atoms with van der Waals surface area (Å²) in [4.78, 5) is 8.27. The van der Waals surface area contributed by atoms with Gasteiger partial charge in [0.05, 0.1) is 5.69 Å². The van der Waals surface area contributed by atoms with E-state index in [0.717, 1.165) is 18.5 Å². The van der Waals surface area contributed by atoms with Gasteiger partial charge in [0.1, 0.15) is 0 Å². The van der Waals surface area contributed by atoms with E-state index in [1.165, 1.54) is 54.5 Å². The number of rotatable bonds is 1. The first-order chi connectivity index (χ1) is 19.3. The zero-order valence-electron chi connectivity index (χ0n) is 21.5.